The van der Waals surface area contributed by atoms with E-state index in [1.165, 1.54) is 0 Å². The molecule has 0 aliphatic carbocycles. The van der Waals surface area contributed by atoms with Gasteiger partial charge in [-0.15, -0.1) is 0 Å². The Morgan fingerprint density at radius 1 is 0.750 bits per heavy atom. The van der Waals surface area contributed by atoms with Gasteiger partial charge in [-0.2, -0.15) is 0 Å². The minimum atomic E-state index is 0. The first-order valence-electron chi connectivity index (χ1n) is 0. The summed E-state index contributed by atoms with van der Waals surface area (Å²) < 4.78 is 0. The van der Waals surface area contributed by atoms with Crippen LogP contribution in [-0.2, 0) is 69.8 Å². The summed E-state index contributed by atoms with van der Waals surface area (Å²) in [5.41, 5.74) is 0. The monoisotopic (exact) mass is 432 g/mol. The van der Waals surface area contributed by atoms with Crippen molar-refractivity contribution in [3.05, 3.63) is 0 Å². The van der Waals surface area contributed by atoms with E-state index in [-0.39, 0.29) is 69.8 Å². The smallest absolute Gasteiger partial charge is 2.00 e. The quantitative estimate of drug-likeness (QED) is 0.507. The third kappa shape index (κ3) is 8.93. The van der Waals surface area contributed by atoms with Crippen LogP contribution in [0.1, 0.15) is 0 Å². The summed E-state index contributed by atoms with van der Waals surface area (Å²) in [4.78, 5) is 0. The van der Waals surface area contributed by atoms with Gasteiger partial charge in [-0.1, -0.05) is 0 Å². The molecule has 0 saturated heterocycles. The van der Waals surface area contributed by atoms with Gasteiger partial charge in [0, 0.05) is 20.4 Å². The SMILES string of the molecule is [Re].[S-2].[S-2].[Ta+5]. The van der Waals surface area contributed by atoms with E-state index >= 15 is 0 Å². The maximum Gasteiger partial charge on any atom is 5.00 e. The molecule has 23 valence electrons. The average molecular weight is 431 g/mol. The maximum atomic E-state index is 0. The zero-order valence-corrected chi connectivity index (χ0v) is 9.20. The molecule has 0 saturated carbocycles. The van der Waals surface area contributed by atoms with E-state index in [4.69, 9.17) is 0 Å². The van der Waals surface area contributed by atoms with Gasteiger partial charge in [0.25, 0.3) is 0 Å². The first kappa shape index (κ1) is 35.9. The van der Waals surface area contributed by atoms with Crippen LogP contribution in [0, 0.1) is 0 Å². The Hall–Kier alpha value is 2.10. The Bertz CT molecular complexity index is 6.00. The van der Waals surface area contributed by atoms with Crippen LogP contribution in [-0.4, -0.2) is 0 Å². The molecule has 0 spiro atoms. The molecule has 0 nitrogen and oxygen atoms in total. The first-order valence-corrected chi connectivity index (χ1v) is 0. The van der Waals surface area contributed by atoms with E-state index in [1.54, 1.807) is 0 Å². The Kier molecular flexibility index (Phi) is 175. The zero-order valence-electron chi connectivity index (χ0n) is 1.64. The summed E-state index contributed by atoms with van der Waals surface area (Å²) in [6, 6.07) is 0. The normalized spacial score (nSPS) is 0. The molecular weight excluding hydrogens is 431 g/mol. The minimum Gasteiger partial charge on any atom is -2.00 e. The molecule has 0 aromatic carbocycles. The largest absolute Gasteiger partial charge is 5.00 e. The van der Waals surface area contributed by atoms with Crippen LogP contribution in [0.3, 0.4) is 0 Å². The molecular formula is ReS2Ta+. The van der Waals surface area contributed by atoms with E-state index in [9.17, 15) is 0 Å². The van der Waals surface area contributed by atoms with Crippen LogP contribution in [0.15, 0.2) is 0 Å². The number of hydrogen-bond acceptors (Lipinski definition) is 0. The molecule has 0 rings (SSSR count). The van der Waals surface area contributed by atoms with E-state index in [2.05, 4.69) is 0 Å². The van der Waals surface area contributed by atoms with E-state index in [1.807, 2.05) is 0 Å². The molecule has 0 aromatic rings. The Morgan fingerprint density at radius 3 is 0.750 bits per heavy atom. The van der Waals surface area contributed by atoms with Crippen LogP contribution in [0.2, 0.25) is 0 Å². The summed E-state index contributed by atoms with van der Waals surface area (Å²) in [6.07, 6.45) is 0. The van der Waals surface area contributed by atoms with Crippen molar-refractivity contribution in [2.24, 2.45) is 0 Å². The van der Waals surface area contributed by atoms with Crippen LogP contribution >= 0.6 is 0 Å². The molecule has 0 N–H and O–H groups in total. The molecule has 0 atom stereocenters. The summed E-state index contributed by atoms with van der Waals surface area (Å²) in [6.45, 7) is 0. The molecule has 0 unspecified atom stereocenters. The standard InChI is InChI=1S/Re.2S.Ta/q;2*-2;+5. The Labute approximate surface area is 69.2 Å². The molecule has 0 bridgehead atoms. The second-order valence-corrected chi connectivity index (χ2v) is 0. The van der Waals surface area contributed by atoms with Crippen molar-refractivity contribution >= 4 is 27.0 Å². The zero-order chi connectivity index (χ0) is 0. The Balaban J connectivity index is 0. The van der Waals surface area contributed by atoms with Crippen molar-refractivity contribution in [2.45, 2.75) is 0 Å². The Morgan fingerprint density at radius 2 is 0.750 bits per heavy atom. The van der Waals surface area contributed by atoms with Crippen LogP contribution in [0.5, 0.6) is 0 Å². The minimum absolute atomic E-state index is 0. The number of rotatable bonds is 0. The third-order valence-electron chi connectivity index (χ3n) is 0. The fourth-order valence-corrected chi connectivity index (χ4v) is 0. The summed E-state index contributed by atoms with van der Waals surface area (Å²) in [5.74, 6) is 0. The predicted molar refractivity (Wildman–Crippen MR) is 14.7 cm³/mol. The topological polar surface area (TPSA) is 0 Å². The van der Waals surface area contributed by atoms with Crippen LogP contribution in [0.25, 0.3) is 0 Å². The van der Waals surface area contributed by atoms with Gasteiger partial charge in [-0.25, -0.2) is 0 Å². The van der Waals surface area contributed by atoms with Crippen molar-refractivity contribution in [2.75, 3.05) is 0 Å². The summed E-state index contributed by atoms with van der Waals surface area (Å²) in [5, 5.41) is 0. The first-order chi connectivity index (χ1) is 0. The van der Waals surface area contributed by atoms with Gasteiger partial charge in [-0.3, -0.25) is 0 Å². The molecule has 1 radical (unpaired) electrons. The maximum absolute atomic E-state index is 0. The molecule has 4 heavy (non-hydrogen) atoms. The molecule has 4 heteroatoms. The molecule has 0 amide bonds. The second kappa shape index (κ2) is 19.4. The molecule has 0 aliphatic rings. The van der Waals surface area contributed by atoms with Gasteiger partial charge in [0.05, 0.1) is 0 Å². The molecule has 0 aliphatic heterocycles. The van der Waals surface area contributed by atoms with Crippen molar-refractivity contribution in [3.63, 3.8) is 0 Å². The predicted octanol–water partition coefficient (Wildman–Crippen LogP) is -0.00980. The van der Waals surface area contributed by atoms with Gasteiger partial charge < -0.3 is 27.0 Å². The van der Waals surface area contributed by atoms with Crippen molar-refractivity contribution in [1.82, 2.24) is 0 Å². The molecule has 0 fully saturated rings. The van der Waals surface area contributed by atoms with Crippen molar-refractivity contribution in [1.29, 1.82) is 0 Å². The van der Waals surface area contributed by atoms with Crippen molar-refractivity contribution < 1.29 is 42.8 Å². The van der Waals surface area contributed by atoms with Gasteiger partial charge in [-0.05, 0) is 0 Å². The summed E-state index contributed by atoms with van der Waals surface area (Å²) in [7, 11) is 0. The van der Waals surface area contributed by atoms with Crippen LogP contribution in [0.4, 0.5) is 0 Å². The second-order valence-electron chi connectivity index (χ2n) is 0. The average Bonchev–Trinajstić information content (AvgIpc) is 0. The third-order valence-corrected chi connectivity index (χ3v) is 0. The van der Waals surface area contributed by atoms with Gasteiger partial charge in [0.15, 0.2) is 0 Å². The molecule has 0 aromatic heterocycles. The van der Waals surface area contributed by atoms with E-state index in [0.29, 0.717) is 0 Å². The van der Waals surface area contributed by atoms with Gasteiger partial charge in [0.1, 0.15) is 0 Å². The number of hydrogen-bond donors (Lipinski definition) is 0. The summed E-state index contributed by atoms with van der Waals surface area (Å²) >= 11 is 0. The van der Waals surface area contributed by atoms with Crippen LogP contribution < -0.4 is 0 Å². The molecule has 0 heterocycles. The van der Waals surface area contributed by atoms with Gasteiger partial charge >= 0.3 is 22.4 Å². The van der Waals surface area contributed by atoms with Gasteiger partial charge in [0.2, 0.25) is 0 Å². The fourth-order valence-electron chi connectivity index (χ4n) is 0. The fraction of sp³-hybridized carbons (Fsp3) is 0. The van der Waals surface area contributed by atoms with Crippen molar-refractivity contribution in [3.8, 4) is 0 Å². The van der Waals surface area contributed by atoms with E-state index < -0.39 is 0 Å². The van der Waals surface area contributed by atoms with E-state index in [0.717, 1.165) is 0 Å².